The first kappa shape index (κ1) is 32.4. The zero-order valence-electron chi connectivity index (χ0n) is 24.5. The van der Waals surface area contributed by atoms with Gasteiger partial charge in [0.15, 0.2) is 29.7 Å². The molecule has 0 bridgehead atoms. The average Bonchev–Trinajstić information content (AvgIpc) is 2.97. The van der Waals surface area contributed by atoms with Gasteiger partial charge in [-0.3, -0.25) is 24.6 Å². The molecule has 6 unspecified atom stereocenters. The highest BCUT2D eigenvalue weighted by atomic mass is 32.1. The molecule has 234 valence electrons. The van der Waals surface area contributed by atoms with Crippen LogP contribution in [0.5, 0.6) is 5.75 Å². The molecule has 0 amide bonds. The van der Waals surface area contributed by atoms with Crippen molar-refractivity contribution in [3.8, 4) is 5.75 Å². The van der Waals surface area contributed by atoms with Gasteiger partial charge in [-0.25, -0.2) is 0 Å². The SMILES string of the molecule is CC(=O)OCC1OC(NC(=S)N/N=C2/CC(c3ccccc3)Oc3ccccc32)C(OC(C)=O)C(OC(C)=O)C1OC(C)=O. The van der Waals surface area contributed by atoms with Crippen molar-refractivity contribution >= 4 is 46.9 Å². The third-order valence-electron chi connectivity index (χ3n) is 6.57. The van der Waals surface area contributed by atoms with Gasteiger partial charge in [0.25, 0.3) is 0 Å². The summed E-state index contributed by atoms with van der Waals surface area (Å²) in [4.78, 5) is 47.7. The fraction of sp³-hybridized carbons (Fsp3) is 0.400. The summed E-state index contributed by atoms with van der Waals surface area (Å²) < 4.78 is 33.7. The number of fused-ring (bicyclic) bond motifs is 1. The van der Waals surface area contributed by atoms with Crippen molar-refractivity contribution in [2.45, 2.75) is 70.9 Å². The largest absolute Gasteiger partial charge is 0.485 e. The van der Waals surface area contributed by atoms with E-state index in [0.717, 1.165) is 31.9 Å². The summed E-state index contributed by atoms with van der Waals surface area (Å²) in [6.07, 6.45) is -6.16. The molecule has 1 saturated heterocycles. The molecular weight excluding hydrogens is 594 g/mol. The number of carbonyl (C=O) groups is 4. The summed E-state index contributed by atoms with van der Waals surface area (Å²) in [6.45, 7) is 4.27. The number of para-hydroxylation sites is 1. The lowest BCUT2D eigenvalue weighted by molar-refractivity contribution is -0.254. The van der Waals surface area contributed by atoms with E-state index in [0.29, 0.717) is 17.9 Å². The first-order chi connectivity index (χ1) is 21.0. The quantitative estimate of drug-likeness (QED) is 0.190. The summed E-state index contributed by atoms with van der Waals surface area (Å²) >= 11 is 5.50. The number of carbonyl (C=O) groups excluding carboxylic acids is 4. The van der Waals surface area contributed by atoms with E-state index in [2.05, 4.69) is 15.8 Å². The number of benzene rings is 2. The molecule has 1 fully saturated rings. The number of esters is 4. The van der Waals surface area contributed by atoms with E-state index in [1.165, 1.54) is 6.92 Å². The third kappa shape index (κ3) is 8.51. The van der Waals surface area contributed by atoms with Crippen molar-refractivity contribution in [1.29, 1.82) is 0 Å². The van der Waals surface area contributed by atoms with Crippen LogP contribution in [0.3, 0.4) is 0 Å². The maximum absolute atomic E-state index is 12.1. The lowest BCUT2D eigenvalue weighted by Gasteiger charge is -2.44. The number of hydrazone groups is 1. The van der Waals surface area contributed by atoms with Crippen LogP contribution in [0.4, 0.5) is 0 Å². The minimum Gasteiger partial charge on any atom is -0.485 e. The fourth-order valence-electron chi connectivity index (χ4n) is 4.87. The predicted octanol–water partition coefficient (Wildman–Crippen LogP) is 2.46. The molecule has 44 heavy (non-hydrogen) atoms. The standard InChI is InChI=1S/C30H33N3O10S/c1-16(34)38-15-25-26(39-17(2)35)27(40-18(3)36)28(41-19(4)37)29(43-25)31-30(44)33-32-22-14-24(20-10-6-5-7-11-20)42-23-13-9-8-12-21(22)23/h5-13,24-29H,14-15H2,1-4H3,(H2,31,33,44)/b32-22-. The first-order valence-corrected chi connectivity index (χ1v) is 14.2. The van der Waals surface area contributed by atoms with Crippen LogP contribution in [-0.4, -0.2) is 72.0 Å². The van der Waals surface area contributed by atoms with Crippen molar-refractivity contribution < 1.29 is 47.6 Å². The molecule has 6 atom stereocenters. The molecule has 0 spiro atoms. The topological polar surface area (TPSA) is 160 Å². The lowest BCUT2D eigenvalue weighted by atomic mass is 9.96. The molecular formula is C30H33N3O10S. The normalized spacial score (nSPS) is 25.0. The molecule has 2 aromatic carbocycles. The van der Waals surface area contributed by atoms with Crippen LogP contribution >= 0.6 is 12.2 Å². The Morgan fingerprint density at radius 3 is 2.11 bits per heavy atom. The Bertz CT molecular complexity index is 1420. The van der Waals surface area contributed by atoms with Crippen LogP contribution in [0.15, 0.2) is 59.7 Å². The van der Waals surface area contributed by atoms with Crippen molar-refractivity contribution in [2.24, 2.45) is 5.10 Å². The van der Waals surface area contributed by atoms with Gasteiger partial charge in [0.05, 0.1) is 5.71 Å². The van der Waals surface area contributed by atoms with Gasteiger partial charge in [-0.05, 0) is 29.9 Å². The molecule has 2 heterocycles. The number of rotatable bonds is 8. The van der Waals surface area contributed by atoms with E-state index in [-0.39, 0.29) is 17.8 Å². The Hall–Kier alpha value is -4.56. The Labute approximate surface area is 259 Å². The van der Waals surface area contributed by atoms with E-state index in [4.69, 9.17) is 40.6 Å². The van der Waals surface area contributed by atoms with Gasteiger partial charge < -0.3 is 33.7 Å². The number of nitrogens with zero attached hydrogens (tertiary/aromatic N) is 1. The van der Waals surface area contributed by atoms with Crippen LogP contribution in [0.1, 0.15) is 51.3 Å². The number of hydrogen-bond donors (Lipinski definition) is 2. The number of ether oxygens (including phenoxy) is 6. The van der Waals surface area contributed by atoms with E-state index in [1.807, 2.05) is 54.6 Å². The number of thiocarbonyl (C=S) groups is 1. The molecule has 0 aromatic heterocycles. The van der Waals surface area contributed by atoms with Gasteiger partial charge in [0, 0.05) is 39.7 Å². The maximum atomic E-state index is 12.1. The Balaban J connectivity index is 1.58. The fourth-order valence-corrected chi connectivity index (χ4v) is 5.03. The Kier molecular flexibility index (Phi) is 10.8. The van der Waals surface area contributed by atoms with Crippen LogP contribution in [0, 0.1) is 0 Å². The van der Waals surface area contributed by atoms with Crippen LogP contribution in [-0.2, 0) is 42.9 Å². The highest BCUT2D eigenvalue weighted by molar-refractivity contribution is 7.80. The van der Waals surface area contributed by atoms with Crippen LogP contribution in [0.2, 0.25) is 0 Å². The van der Waals surface area contributed by atoms with Gasteiger partial charge in [0.1, 0.15) is 24.6 Å². The molecule has 2 N–H and O–H groups in total. The highest BCUT2D eigenvalue weighted by Gasteiger charge is 2.52. The van der Waals surface area contributed by atoms with E-state index >= 15 is 0 Å². The van der Waals surface area contributed by atoms with Gasteiger partial charge in [-0.15, -0.1) is 0 Å². The van der Waals surface area contributed by atoms with Crippen molar-refractivity contribution in [3.05, 3.63) is 65.7 Å². The van der Waals surface area contributed by atoms with E-state index < -0.39 is 54.5 Å². The number of nitrogens with one attached hydrogen (secondary N) is 2. The van der Waals surface area contributed by atoms with Gasteiger partial charge >= 0.3 is 23.9 Å². The molecule has 0 aliphatic carbocycles. The zero-order chi connectivity index (χ0) is 31.8. The summed E-state index contributed by atoms with van der Waals surface area (Å²) in [7, 11) is 0. The van der Waals surface area contributed by atoms with Gasteiger partial charge in [0.2, 0.25) is 0 Å². The second kappa shape index (κ2) is 14.8. The van der Waals surface area contributed by atoms with E-state index in [1.54, 1.807) is 0 Å². The first-order valence-electron chi connectivity index (χ1n) is 13.8. The average molecular weight is 628 g/mol. The molecule has 0 saturated carbocycles. The van der Waals surface area contributed by atoms with Crippen molar-refractivity contribution in [3.63, 3.8) is 0 Å². The van der Waals surface area contributed by atoms with Gasteiger partial charge in [-0.2, -0.15) is 5.10 Å². The zero-order valence-corrected chi connectivity index (χ0v) is 25.3. The monoisotopic (exact) mass is 627 g/mol. The smallest absolute Gasteiger partial charge is 0.303 e. The molecule has 2 aliphatic rings. The highest BCUT2D eigenvalue weighted by Crippen LogP contribution is 2.35. The van der Waals surface area contributed by atoms with Crippen LogP contribution in [0.25, 0.3) is 0 Å². The second-order valence-corrected chi connectivity index (χ2v) is 10.4. The maximum Gasteiger partial charge on any atom is 0.303 e. The van der Waals surface area contributed by atoms with Crippen molar-refractivity contribution in [2.75, 3.05) is 6.61 Å². The molecule has 13 nitrogen and oxygen atoms in total. The Morgan fingerprint density at radius 2 is 1.45 bits per heavy atom. The molecule has 2 aliphatic heterocycles. The third-order valence-corrected chi connectivity index (χ3v) is 6.78. The van der Waals surface area contributed by atoms with Crippen LogP contribution < -0.4 is 15.5 Å². The molecule has 14 heteroatoms. The molecule has 4 rings (SSSR count). The summed E-state index contributed by atoms with van der Waals surface area (Å²) in [6, 6.07) is 17.2. The minimum absolute atomic E-state index is 0.0290. The van der Waals surface area contributed by atoms with Crippen molar-refractivity contribution in [1.82, 2.24) is 10.7 Å². The summed E-state index contributed by atoms with van der Waals surface area (Å²) in [5.41, 5.74) is 5.24. The minimum atomic E-state index is -1.34. The predicted molar refractivity (Wildman–Crippen MR) is 158 cm³/mol. The Morgan fingerprint density at radius 1 is 0.841 bits per heavy atom. The lowest BCUT2D eigenvalue weighted by Crippen LogP contribution is -2.66. The van der Waals surface area contributed by atoms with Gasteiger partial charge in [-0.1, -0.05) is 42.5 Å². The summed E-state index contributed by atoms with van der Waals surface area (Å²) in [5, 5.41) is 7.40. The molecule has 0 radical (unpaired) electrons. The number of hydrogen-bond acceptors (Lipinski definition) is 12. The summed E-state index contributed by atoms with van der Waals surface area (Å²) in [5.74, 6) is -2.16. The van der Waals surface area contributed by atoms with E-state index in [9.17, 15) is 19.2 Å². The molecule has 2 aromatic rings. The second-order valence-electron chi connectivity index (χ2n) is 9.98.